The molecule has 1 fully saturated rings. The van der Waals surface area contributed by atoms with Gasteiger partial charge in [-0.3, -0.25) is 4.90 Å². The summed E-state index contributed by atoms with van der Waals surface area (Å²) in [6, 6.07) is 2.30. The van der Waals surface area contributed by atoms with Crippen LogP contribution in [-0.4, -0.2) is 46.6 Å². The second-order valence-corrected chi connectivity index (χ2v) is 5.36. The molecular formula is C14H24N4O. The molecule has 0 aliphatic carbocycles. The Bertz CT molecular complexity index is 391. The summed E-state index contributed by atoms with van der Waals surface area (Å²) < 4.78 is 5.56. The van der Waals surface area contributed by atoms with E-state index in [1.807, 2.05) is 13.8 Å². The van der Waals surface area contributed by atoms with E-state index in [-0.39, 0.29) is 6.10 Å². The Balaban J connectivity index is 1.84. The van der Waals surface area contributed by atoms with Crippen molar-refractivity contribution in [2.75, 3.05) is 25.0 Å². The minimum absolute atomic E-state index is 0.131. The number of anilines is 1. The van der Waals surface area contributed by atoms with Gasteiger partial charge in [0.05, 0.1) is 6.10 Å². The lowest BCUT2D eigenvalue weighted by atomic mass is 10.3. The molecule has 1 aromatic rings. The summed E-state index contributed by atoms with van der Waals surface area (Å²) in [5.41, 5.74) is 0. The van der Waals surface area contributed by atoms with Crippen LogP contribution in [0.2, 0.25) is 0 Å². The van der Waals surface area contributed by atoms with Gasteiger partial charge in [-0.2, -0.15) is 4.98 Å². The van der Waals surface area contributed by atoms with E-state index in [2.05, 4.69) is 27.1 Å². The first-order chi connectivity index (χ1) is 9.15. The summed E-state index contributed by atoms with van der Waals surface area (Å²) >= 11 is 0. The fourth-order valence-corrected chi connectivity index (χ4v) is 2.28. The van der Waals surface area contributed by atoms with E-state index in [0.717, 1.165) is 6.54 Å². The molecule has 0 radical (unpaired) electrons. The van der Waals surface area contributed by atoms with Crippen molar-refractivity contribution in [3.63, 3.8) is 0 Å². The SMILES string of the molecule is CC(C)Oc1ccnc(NCC(C)N2CCCC2)n1. The van der Waals surface area contributed by atoms with Gasteiger partial charge in [0.1, 0.15) is 0 Å². The molecule has 0 amide bonds. The topological polar surface area (TPSA) is 50.3 Å². The van der Waals surface area contributed by atoms with Crippen molar-refractivity contribution in [2.24, 2.45) is 0 Å². The zero-order chi connectivity index (χ0) is 13.7. The number of hydrogen-bond acceptors (Lipinski definition) is 5. The van der Waals surface area contributed by atoms with Crippen LogP contribution in [0.4, 0.5) is 5.95 Å². The molecule has 2 heterocycles. The Kier molecular flexibility index (Phi) is 4.96. The lowest BCUT2D eigenvalue weighted by molar-refractivity contribution is 0.232. The van der Waals surface area contributed by atoms with Crippen LogP contribution in [0.15, 0.2) is 12.3 Å². The number of rotatable bonds is 6. The molecule has 1 aliphatic rings. The minimum atomic E-state index is 0.131. The highest BCUT2D eigenvalue weighted by Crippen LogP contribution is 2.13. The van der Waals surface area contributed by atoms with E-state index in [9.17, 15) is 0 Å². The Labute approximate surface area is 115 Å². The molecule has 1 unspecified atom stereocenters. The van der Waals surface area contributed by atoms with Gasteiger partial charge in [-0.05, 0) is 46.7 Å². The number of aromatic nitrogens is 2. The van der Waals surface area contributed by atoms with Gasteiger partial charge in [0.2, 0.25) is 11.8 Å². The Morgan fingerprint density at radius 1 is 1.32 bits per heavy atom. The third-order valence-corrected chi connectivity index (χ3v) is 3.31. The molecule has 5 nitrogen and oxygen atoms in total. The number of hydrogen-bond donors (Lipinski definition) is 1. The molecule has 0 bridgehead atoms. The third-order valence-electron chi connectivity index (χ3n) is 3.31. The van der Waals surface area contributed by atoms with Gasteiger partial charge in [0.25, 0.3) is 0 Å². The standard InChI is InChI=1S/C14H24N4O/c1-11(2)19-13-6-7-15-14(17-13)16-10-12(3)18-8-4-5-9-18/h6-7,11-12H,4-5,8-10H2,1-3H3,(H,15,16,17). The Morgan fingerprint density at radius 2 is 2.05 bits per heavy atom. The first-order valence-corrected chi connectivity index (χ1v) is 7.13. The first-order valence-electron chi connectivity index (χ1n) is 7.13. The van der Waals surface area contributed by atoms with Crippen molar-refractivity contribution in [1.82, 2.24) is 14.9 Å². The maximum atomic E-state index is 5.56. The molecule has 0 saturated carbocycles. The molecule has 106 valence electrons. The number of nitrogens with one attached hydrogen (secondary N) is 1. The van der Waals surface area contributed by atoms with Crippen LogP contribution in [0.25, 0.3) is 0 Å². The fraction of sp³-hybridized carbons (Fsp3) is 0.714. The Hall–Kier alpha value is -1.36. The van der Waals surface area contributed by atoms with Gasteiger partial charge in [-0.1, -0.05) is 0 Å². The lowest BCUT2D eigenvalue weighted by Crippen LogP contribution is -2.35. The molecule has 0 aromatic carbocycles. The summed E-state index contributed by atoms with van der Waals surface area (Å²) in [5.74, 6) is 1.27. The summed E-state index contributed by atoms with van der Waals surface area (Å²) in [4.78, 5) is 11.1. The highest BCUT2D eigenvalue weighted by atomic mass is 16.5. The van der Waals surface area contributed by atoms with Gasteiger partial charge in [0, 0.05) is 24.8 Å². The summed E-state index contributed by atoms with van der Waals surface area (Å²) in [6.45, 7) is 9.51. The third kappa shape index (κ3) is 4.35. The minimum Gasteiger partial charge on any atom is -0.475 e. The molecule has 1 aromatic heterocycles. The van der Waals surface area contributed by atoms with Crippen molar-refractivity contribution in [3.05, 3.63) is 12.3 Å². The summed E-state index contributed by atoms with van der Waals surface area (Å²) in [6.07, 6.45) is 4.50. The molecule has 2 rings (SSSR count). The molecule has 0 spiro atoms. The molecular weight excluding hydrogens is 240 g/mol. The van der Waals surface area contributed by atoms with E-state index in [4.69, 9.17) is 4.74 Å². The van der Waals surface area contributed by atoms with Crippen LogP contribution in [0, 0.1) is 0 Å². The van der Waals surface area contributed by atoms with E-state index < -0.39 is 0 Å². The van der Waals surface area contributed by atoms with Gasteiger partial charge in [0.15, 0.2) is 0 Å². The monoisotopic (exact) mass is 264 g/mol. The van der Waals surface area contributed by atoms with E-state index >= 15 is 0 Å². The fourth-order valence-electron chi connectivity index (χ4n) is 2.28. The summed E-state index contributed by atoms with van der Waals surface area (Å²) in [5, 5.41) is 3.29. The van der Waals surface area contributed by atoms with E-state index in [0.29, 0.717) is 17.9 Å². The number of ether oxygens (including phenoxy) is 1. The molecule has 1 aliphatic heterocycles. The molecule has 19 heavy (non-hydrogen) atoms. The van der Waals surface area contributed by atoms with Crippen molar-refractivity contribution < 1.29 is 4.74 Å². The highest BCUT2D eigenvalue weighted by Gasteiger charge is 2.17. The van der Waals surface area contributed by atoms with E-state index in [1.54, 1.807) is 12.3 Å². The largest absolute Gasteiger partial charge is 0.475 e. The average molecular weight is 264 g/mol. The molecule has 1 atom stereocenters. The van der Waals surface area contributed by atoms with Crippen LogP contribution in [0.1, 0.15) is 33.6 Å². The smallest absolute Gasteiger partial charge is 0.225 e. The van der Waals surface area contributed by atoms with Gasteiger partial charge < -0.3 is 10.1 Å². The predicted molar refractivity (Wildman–Crippen MR) is 76.6 cm³/mol. The first kappa shape index (κ1) is 14.1. The van der Waals surface area contributed by atoms with Crippen LogP contribution in [0.3, 0.4) is 0 Å². The second-order valence-electron chi connectivity index (χ2n) is 5.36. The molecule has 1 N–H and O–H groups in total. The predicted octanol–water partition coefficient (Wildman–Crippen LogP) is 2.16. The zero-order valence-electron chi connectivity index (χ0n) is 12.1. The molecule has 5 heteroatoms. The quantitative estimate of drug-likeness (QED) is 0.853. The average Bonchev–Trinajstić information content (AvgIpc) is 2.89. The van der Waals surface area contributed by atoms with Gasteiger partial charge in [-0.15, -0.1) is 0 Å². The van der Waals surface area contributed by atoms with Crippen molar-refractivity contribution >= 4 is 5.95 Å². The normalized spacial score (nSPS) is 17.7. The number of nitrogens with zero attached hydrogens (tertiary/aromatic N) is 3. The number of likely N-dealkylation sites (tertiary alicyclic amines) is 1. The van der Waals surface area contributed by atoms with Crippen LogP contribution >= 0.6 is 0 Å². The highest BCUT2D eigenvalue weighted by molar-refractivity contribution is 5.27. The van der Waals surface area contributed by atoms with Crippen LogP contribution < -0.4 is 10.1 Å². The van der Waals surface area contributed by atoms with Crippen molar-refractivity contribution in [3.8, 4) is 5.88 Å². The van der Waals surface area contributed by atoms with Gasteiger partial charge in [-0.25, -0.2) is 4.98 Å². The zero-order valence-corrected chi connectivity index (χ0v) is 12.1. The van der Waals surface area contributed by atoms with Crippen LogP contribution in [-0.2, 0) is 0 Å². The Morgan fingerprint density at radius 3 is 2.74 bits per heavy atom. The van der Waals surface area contributed by atoms with Crippen LogP contribution in [0.5, 0.6) is 5.88 Å². The maximum Gasteiger partial charge on any atom is 0.225 e. The van der Waals surface area contributed by atoms with Gasteiger partial charge >= 0.3 is 0 Å². The second kappa shape index (κ2) is 6.70. The lowest BCUT2D eigenvalue weighted by Gasteiger charge is -2.23. The van der Waals surface area contributed by atoms with E-state index in [1.165, 1.54) is 25.9 Å². The van der Waals surface area contributed by atoms with Crippen molar-refractivity contribution in [2.45, 2.75) is 45.8 Å². The van der Waals surface area contributed by atoms with Crippen molar-refractivity contribution in [1.29, 1.82) is 0 Å². The maximum absolute atomic E-state index is 5.56. The summed E-state index contributed by atoms with van der Waals surface area (Å²) in [7, 11) is 0. The molecule has 1 saturated heterocycles.